The van der Waals surface area contributed by atoms with E-state index in [-0.39, 0.29) is 27.9 Å². The van der Waals surface area contributed by atoms with E-state index in [0.717, 1.165) is 10.1 Å². The molecule has 31 heavy (non-hydrogen) atoms. The van der Waals surface area contributed by atoms with Crippen LogP contribution in [0.3, 0.4) is 0 Å². The van der Waals surface area contributed by atoms with Crippen molar-refractivity contribution in [3.63, 3.8) is 0 Å². The molecule has 2 aromatic carbocycles. The van der Waals surface area contributed by atoms with Crippen LogP contribution in [-0.4, -0.2) is 49.6 Å². The number of carbonyl (C=O) groups excluding carboxylic acids is 1. The molecular formula is C20H20ClN3O6S. The number of esters is 1. The Hall–Kier alpha value is -2.95. The van der Waals surface area contributed by atoms with Crippen molar-refractivity contribution in [2.45, 2.75) is 18.4 Å². The normalized spacial score (nSPS) is 11.5. The minimum absolute atomic E-state index is 0.0470. The zero-order chi connectivity index (χ0) is 22.6. The van der Waals surface area contributed by atoms with Gasteiger partial charge in [0.1, 0.15) is 5.75 Å². The number of hydrogen-bond donors (Lipinski definition) is 0. The van der Waals surface area contributed by atoms with Crippen molar-refractivity contribution in [1.82, 2.24) is 14.4 Å². The first-order valence-corrected chi connectivity index (χ1v) is 11.0. The monoisotopic (exact) mass is 465 g/mol. The summed E-state index contributed by atoms with van der Waals surface area (Å²) in [5, 5.41) is 3.99. The number of aromatic nitrogens is 2. The summed E-state index contributed by atoms with van der Waals surface area (Å²) in [5.41, 5.74) is 0.651. The first kappa shape index (κ1) is 22.7. The molecular weight excluding hydrogens is 446 g/mol. The maximum absolute atomic E-state index is 12.9. The molecule has 1 aromatic heterocycles. The number of halogens is 1. The van der Waals surface area contributed by atoms with Crippen molar-refractivity contribution in [2.24, 2.45) is 0 Å². The molecule has 3 aromatic rings. The quantitative estimate of drug-likeness (QED) is 0.465. The first-order valence-electron chi connectivity index (χ1n) is 9.16. The lowest BCUT2D eigenvalue weighted by molar-refractivity contribution is 0.0600. The van der Waals surface area contributed by atoms with Crippen molar-refractivity contribution in [3.05, 3.63) is 58.9 Å². The van der Waals surface area contributed by atoms with E-state index in [1.807, 2.05) is 6.92 Å². The van der Waals surface area contributed by atoms with Crippen LogP contribution in [0.1, 0.15) is 23.2 Å². The molecule has 0 unspecified atom stereocenters. The molecule has 0 amide bonds. The van der Waals surface area contributed by atoms with Gasteiger partial charge in [0.25, 0.3) is 0 Å². The summed E-state index contributed by atoms with van der Waals surface area (Å²) in [6.07, 6.45) is 0. The molecule has 0 bridgehead atoms. The van der Waals surface area contributed by atoms with Gasteiger partial charge < -0.3 is 14.0 Å². The van der Waals surface area contributed by atoms with Gasteiger partial charge in [0.05, 0.1) is 35.7 Å². The lowest BCUT2D eigenvalue weighted by Crippen LogP contribution is -2.27. The average molecular weight is 466 g/mol. The zero-order valence-corrected chi connectivity index (χ0v) is 18.6. The second kappa shape index (κ2) is 9.46. The molecule has 0 N–H and O–H groups in total. The molecule has 0 aliphatic rings. The van der Waals surface area contributed by atoms with Gasteiger partial charge in [-0.1, -0.05) is 16.8 Å². The predicted octanol–water partition coefficient (Wildman–Crippen LogP) is 3.40. The van der Waals surface area contributed by atoms with Crippen LogP contribution in [0.15, 0.2) is 51.9 Å². The molecule has 0 saturated heterocycles. The fraction of sp³-hybridized carbons (Fsp3) is 0.250. The Morgan fingerprint density at radius 3 is 2.55 bits per heavy atom. The van der Waals surface area contributed by atoms with Crippen molar-refractivity contribution in [1.29, 1.82) is 0 Å². The highest BCUT2D eigenvalue weighted by molar-refractivity contribution is 7.89. The fourth-order valence-electron chi connectivity index (χ4n) is 2.69. The van der Waals surface area contributed by atoms with E-state index >= 15 is 0 Å². The summed E-state index contributed by atoms with van der Waals surface area (Å²) < 4.78 is 42.1. The molecule has 0 fully saturated rings. The van der Waals surface area contributed by atoms with Crippen LogP contribution >= 0.6 is 11.6 Å². The van der Waals surface area contributed by atoms with E-state index in [1.165, 1.54) is 32.4 Å². The lowest BCUT2D eigenvalue weighted by Gasteiger charge is -2.16. The number of sulfonamides is 1. The summed E-state index contributed by atoms with van der Waals surface area (Å²) in [5.74, 6) is 0.414. The highest BCUT2D eigenvalue weighted by Gasteiger charge is 2.25. The molecule has 3 rings (SSSR count). The third-order valence-electron chi connectivity index (χ3n) is 4.30. The average Bonchev–Trinajstić information content (AvgIpc) is 3.22. The summed E-state index contributed by atoms with van der Waals surface area (Å²) in [7, 11) is -1.42. The smallest absolute Gasteiger partial charge is 0.339 e. The van der Waals surface area contributed by atoms with Crippen LogP contribution < -0.4 is 4.74 Å². The van der Waals surface area contributed by atoms with Crippen LogP contribution in [-0.2, 0) is 21.3 Å². The van der Waals surface area contributed by atoms with Crippen LogP contribution in [0, 0.1) is 0 Å². The summed E-state index contributed by atoms with van der Waals surface area (Å²) in [6, 6.07) is 10.9. The molecule has 1 heterocycles. The summed E-state index contributed by atoms with van der Waals surface area (Å²) >= 11 is 5.97. The Kier molecular flexibility index (Phi) is 6.94. The van der Waals surface area contributed by atoms with Crippen molar-refractivity contribution in [2.75, 3.05) is 20.8 Å². The number of hydrogen-bond acceptors (Lipinski definition) is 8. The molecule has 0 saturated carbocycles. The maximum atomic E-state index is 12.9. The Labute approximate surface area is 184 Å². The largest absolute Gasteiger partial charge is 0.494 e. The highest BCUT2D eigenvalue weighted by atomic mass is 35.5. The fourth-order valence-corrected chi connectivity index (χ4v) is 4.03. The topological polar surface area (TPSA) is 112 Å². The Morgan fingerprint density at radius 1 is 1.19 bits per heavy atom. The minimum Gasteiger partial charge on any atom is -0.494 e. The SMILES string of the molecule is CCOc1ccc(-c2noc(CN(C)S(=O)(=O)c3ccc(Cl)c(C(=O)OC)c3)n2)cc1. The number of carbonyl (C=O) groups is 1. The van der Waals surface area contributed by atoms with E-state index < -0.39 is 16.0 Å². The Bertz CT molecular complexity index is 1180. The first-order chi connectivity index (χ1) is 14.8. The van der Waals surface area contributed by atoms with E-state index in [4.69, 9.17) is 20.9 Å². The molecule has 9 nitrogen and oxygen atoms in total. The lowest BCUT2D eigenvalue weighted by atomic mass is 10.2. The zero-order valence-electron chi connectivity index (χ0n) is 17.0. The second-order valence-electron chi connectivity index (χ2n) is 6.36. The van der Waals surface area contributed by atoms with E-state index in [1.54, 1.807) is 24.3 Å². The van der Waals surface area contributed by atoms with Crippen LogP contribution in [0.25, 0.3) is 11.4 Å². The maximum Gasteiger partial charge on any atom is 0.339 e. The van der Waals surface area contributed by atoms with Crippen molar-refractivity contribution in [3.8, 4) is 17.1 Å². The molecule has 0 spiro atoms. The number of ether oxygens (including phenoxy) is 2. The third-order valence-corrected chi connectivity index (χ3v) is 6.43. The van der Waals surface area contributed by atoms with Gasteiger partial charge in [0.15, 0.2) is 0 Å². The predicted molar refractivity (Wildman–Crippen MR) is 112 cm³/mol. The third kappa shape index (κ3) is 5.04. The summed E-state index contributed by atoms with van der Waals surface area (Å²) in [6.45, 7) is 2.29. The minimum atomic E-state index is -3.96. The van der Waals surface area contributed by atoms with Crippen molar-refractivity contribution < 1.29 is 27.2 Å². The molecule has 0 aliphatic carbocycles. The summed E-state index contributed by atoms with van der Waals surface area (Å²) in [4.78, 5) is 16.0. The van der Waals surface area contributed by atoms with Crippen molar-refractivity contribution >= 4 is 27.6 Å². The van der Waals surface area contributed by atoms with Gasteiger partial charge >= 0.3 is 5.97 Å². The number of rotatable bonds is 8. The van der Waals surface area contributed by atoms with E-state index in [2.05, 4.69) is 14.9 Å². The number of nitrogens with zero attached hydrogens (tertiary/aromatic N) is 3. The number of benzene rings is 2. The standard InChI is InChI=1S/C20H20ClN3O6S/c1-4-29-14-7-5-13(6-8-14)19-22-18(30-23-19)12-24(2)31(26,27)15-9-10-17(21)16(11-15)20(25)28-3/h5-11H,4,12H2,1-3H3. The second-order valence-corrected chi connectivity index (χ2v) is 8.82. The van der Waals surface area contributed by atoms with Crippen LogP contribution in [0.2, 0.25) is 5.02 Å². The molecule has 0 atom stereocenters. The molecule has 0 aliphatic heterocycles. The Balaban J connectivity index is 1.78. The molecule has 0 radical (unpaired) electrons. The molecule has 164 valence electrons. The highest BCUT2D eigenvalue weighted by Crippen LogP contribution is 2.25. The van der Waals surface area contributed by atoms with Gasteiger partial charge in [-0.25, -0.2) is 13.2 Å². The molecule has 11 heteroatoms. The van der Waals surface area contributed by atoms with Gasteiger partial charge in [-0.2, -0.15) is 9.29 Å². The van der Waals surface area contributed by atoms with E-state index in [9.17, 15) is 13.2 Å². The van der Waals surface area contributed by atoms with E-state index in [0.29, 0.717) is 18.0 Å². The van der Waals surface area contributed by atoms with Gasteiger partial charge in [0, 0.05) is 12.6 Å². The Morgan fingerprint density at radius 2 is 1.90 bits per heavy atom. The van der Waals surface area contributed by atoms with Gasteiger partial charge in [-0.05, 0) is 49.4 Å². The van der Waals surface area contributed by atoms with Crippen LogP contribution in [0.5, 0.6) is 5.75 Å². The van der Waals surface area contributed by atoms with Gasteiger partial charge in [-0.3, -0.25) is 0 Å². The number of methoxy groups -OCH3 is 1. The van der Waals surface area contributed by atoms with Gasteiger partial charge in [-0.15, -0.1) is 0 Å². The van der Waals surface area contributed by atoms with Gasteiger partial charge in [0.2, 0.25) is 21.7 Å². The van der Waals surface area contributed by atoms with Crippen LogP contribution in [0.4, 0.5) is 0 Å².